The van der Waals surface area contributed by atoms with E-state index in [1.54, 1.807) is 33.0 Å². The smallest absolute Gasteiger partial charge is 0.337 e. The van der Waals surface area contributed by atoms with Crippen LogP contribution >= 0.6 is 11.8 Å². The van der Waals surface area contributed by atoms with E-state index in [9.17, 15) is 4.79 Å². The predicted octanol–water partition coefficient (Wildman–Crippen LogP) is 5.19. The van der Waals surface area contributed by atoms with Gasteiger partial charge in [0.25, 0.3) is 0 Å². The number of hydrazone groups is 1. The average molecular weight is 462 g/mol. The van der Waals surface area contributed by atoms with E-state index in [2.05, 4.69) is 29.6 Å². The fourth-order valence-electron chi connectivity index (χ4n) is 3.85. The number of benzene rings is 3. The molecule has 0 aliphatic carbocycles. The summed E-state index contributed by atoms with van der Waals surface area (Å²) in [5.41, 5.74) is 3.61. The maximum absolute atomic E-state index is 12.6. The van der Waals surface area contributed by atoms with E-state index in [0.717, 1.165) is 27.3 Å². The first-order valence-electron chi connectivity index (χ1n) is 10.7. The van der Waals surface area contributed by atoms with Crippen molar-refractivity contribution in [2.75, 3.05) is 21.3 Å². The van der Waals surface area contributed by atoms with Gasteiger partial charge in [-0.25, -0.2) is 9.80 Å². The summed E-state index contributed by atoms with van der Waals surface area (Å²) >= 11 is 1.70. The zero-order valence-electron chi connectivity index (χ0n) is 19.2. The minimum Gasteiger partial charge on any atom is -0.493 e. The number of methoxy groups -OCH3 is 2. The lowest BCUT2D eigenvalue weighted by molar-refractivity contribution is 0.184. The summed E-state index contributed by atoms with van der Waals surface area (Å²) in [5, 5.41) is 9.03. The van der Waals surface area contributed by atoms with E-state index in [1.165, 1.54) is 9.90 Å². The highest BCUT2D eigenvalue weighted by Crippen LogP contribution is 2.35. The van der Waals surface area contributed by atoms with Gasteiger partial charge in [-0.3, -0.25) is 0 Å². The molecule has 1 aliphatic heterocycles. The Morgan fingerprint density at radius 3 is 2.27 bits per heavy atom. The van der Waals surface area contributed by atoms with Gasteiger partial charge in [0.15, 0.2) is 11.5 Å². The zero-order chi connectivity index (χ0) is 23.4. The van der Waals surface area contributed by atoms with E-state index < -0.39 is 0 Å². The van der Waals surface area contributed by atoms with Crippen molar-refractivity contribution in [1.82, 2.24) is 10.3 Å². The second kappa shape index (κ2) is 10.0. The van der Waals surface area contributed by atoms with Crippen LogP contribution in [0, 0.1) is 0 Å². The molecule has 4 rings (SSSR count). The van der Waals surface area contributed by atoms with Gasteiger partial charge in [-0.15, -0.1) is 0 Å². The summed E-state index contributed by atoms with van der Waals surface area (Å²) in [6, 6.07) is 22.0. The molecule has 1 atom stereocenters. The van der Waals surface area contributed by atoms with Crippen molar-refractivity contribution in [2.24, 2.45) is 5.10 Å². The Morgan fingerprint density at radius 2 is 1.64 bits per heavy atom. The van der Waals surface area contributed by atoms with Crippen LogP contribution in [0.3, 0.4) is 0 Å². The van der Waals surface area contributed by atoms with Crippen molar-refractivity contribution in [3.05, 3.63) is 83.4 Å². The molecule has 1 N–H and O–H groups in total. The monoisotopic (exact) mass is 461 g/mol. The van der Waals surface area contributed by atoms with E-state index in [0.29, 0.717) is 17.9 Å². The van der Waals surface area contributed by atoms with Crippen molar-refractivity contribution in [3.8, 4) is 11.5 Å². The first-order valence-corrected chi connectivity index (χ1v) is 11.5. The van der Waals surface area contributed by atoms with Crippen molar-refractivity contribution in [2.45, 2.75) is 29.2 Å². The van der Waals surface area contributed by atoms with Crippen LogP contribution in [0.2, 0.25) is 0 Å². The third-order valence-corrected chi connectivity index (χ3v) is 6.55. The van der Waals surface area contributed by atoms with Crippen molar-refractivity contribution >= 4 is 23.5 Å². The van der Waals surface area contributed by atoms with Crippen LogP contribution in [0.4, 0.5) is 4.79 Å². The Bertz CT molecular complexity index is 1160. The number of rotatable bonds is 5. The molecule has 1 unspecified atom stereocenters. The van der Waals surface area contributed by atoms with E-state index in [-0.39, 0.29) is 12.1 Å². The van der Waals surface area contributed by atoms with Crippen molar-refractivity contribution in [1.29, 1.82) is 0 Å². The summed E-state index contributed by atoms with van der Waals surface area (Å²) in [6.07, 6.45) is 0.637. The third kappa shape index (κ3) is 4.83. The largest absolute Gasteiger partial charge is 0.493 e. The molecule has 0 saturated heterocycles. The van der Waals surface area contributed by atoms with Crippen LogP contribution in [0.15, 0.2) is 81.6 Å². The van der Waals surface area contributed by atoms with E-state index >= 15 is 0 Å². The Hall–Kier alpha value is -3.45. The highest BCUT2D eigenvalue weighted by Gasteiger charge is 2.28. The second-order valence-electron chi connectivity index (χ2n) is 7.71. The van der Waals surface area contributed by atoms with Crippen LogP contribution in [0.1, 0.15) is 23.6 Å². The number of carbonyl (C=O) groups excluding carboxylic acids is 1. The highest BCUT2D eigenvalue weighted by atomic mass is 32.2. The molecule has 3 aromatic carbocycles. The number of nitrogens with zero attached hydrogens (tertiary/aromatic N) is 2. The lowest BCUT2D eigenvalue weighted by atomic mass is 9.94. The molecule has 6 nitrogen and oxygen atoms in total. The van der Waals surface area contributed by atoms with Gasteiger partial charge in [0.2, 0.25) is 0 Å². The standard InChI is InChI=1S/C26H27N3O3S/c1-17-14-19-15-23(31-3)24(32-4)16-22(19)25(28-29(17)26(30)27-2)18-10-12-21(13-11-18)33-20-8-6-5-7-9-20/h5-13,15-17H,14H2,1-4H3,(H,27,30). The second-order valence-corrected chi connectivity index (χ2v) is 8.85. The summed E-state index contributed by atoms with van der Waals surface area (Å²) in [5.74, 6) is 1.28. The first kappa shape index (κ1) is 22.7. The number of hydrogen-bond donors (Lipinski definition) is 1. The molecule has 3 aromatic rings. The number of urea groups is 1. The molecular weight excluding hydrogens is 434 g/mol. The molecule has 33 heavy (non-hydrogen) atoms. The van der Waals surface area contributed by atoms with Gasteiger partial charge in [0.1, 0.15) is 0 Å². The minimum absolute atomic E-state index is 0.132. The Labute approximate surface area is 198 Å². The molecule has 0 saturated carbocycles. The van der Waals surface area contributed by atoms with Crippen LogP contribution in [0.5, 0.6) is 11.5 Å². The number of carbonyl (C=O) groups is 1. The number of amides is 2. The summed E-state index contributed by atoms with van der Waals surface area (Å²) in [4.78, 5) is 14.9. The maximum atomic E-state index is 12.6. The van der Waals surface area contributed by atoms with Gasteiger partial charge in [0.05, 0.1) is 26.0 Å². The molecule has 0 fully saturated rings. The predicted molar refractivity (Wildman–Crippen MR) is 132 cm³/mol. The topological polar surface area (TPSA) is 63.2 Å². The molecule has 1 aliphatic rings. The minimum atomic E-state index is -0.247. The Balaban J connectivity index is 1.78. The average Bonchev–Trinajstić information content (AvgIpc) is 2.99. The number of hydrogen-bond acceptors (Lipinski definition) is 5. The fourth-order valence-corrected chi connectivity index (χ4v) is 4.69. The quantitative estimate of drug-likeness (QED) is 0.568. The van der Waals surface area contributed by atoms with Gasteiger partial charge >= 0.3 is 6.03 Å². The van der Waals surface area contributed by atoms with Gasteiger partial charge in [-0.1, -0.05) is 42.1 Å². The Morgan fingerprint density at radius 1 is 1.00 bits per heavy atom. The highest BCUT2D eigenvalue weighted by molar-refractivity contribution is 7.99. The van der Waals surface area contributed by atoms with Crippen LogP contribution in [-0.2, 0) is 6.42 Å². The van der Waals surface area contributed by atoms with Gasteiger partial charge in [0, 0.05) is 28.0 Å². The number of nitrogens with one attached hydrogen (secondary N) is 1. The summed E-state index contributed by atoms with van der Waals surface area (Å²) in [6.45, 7) is 1.99. The number of fused-ring (bicyclic) bond motifs is 1. The third-order valence-electron chi connectivity index (χ3n) is 5.53. The van der Waals surface area contributed by atoms with E-state index in [1.807, 2.05) is 49.4 Å². The molecule has 1 heterocycles. The normalized spacial score (nSPS) is 15.2. The van der Waals surface area contributed by atoms with Crippen molar-refractivity contribution < 1.29 is 14.3 Å². The van der Waals surface area contributed by atoms with E-state index in [4.69, 9.17) is 14.6 Å². The zero-order valence-corrected chi connectivity index (χ0v) is 20.0. The SMILES string of the molecule is CNC(=O)N1N=C(c2ccc(Sc3ccccc3)cc2)c2cc(OC)c(OC)cc2CC1C. The summed E-state index contributed by atoms with van der Waals surface area (Å²) in [7, 11) is 4.86. The lowest BCUT2D eigenvalue weighted by Gasteiger charge is -2.22. The molecule has 0 spiro atoms. The van der Waals surface area contributed by atoms with Crippen LogP contribution < -0.4 is 14.8 Å². The molecule has 2 amide bonds. The van der Waals surface area contributed by atoms with Gasteiger partial charge < -0.3 is 14.8 Å². The maximum Gasteiger partial charge on any atom is 0.337 e. The van der Waals surface area contributed by atoms with Crippen LogP contribution in [-0.4, -0.2) is 44.1 Å². The molecule has 7 heteroatoms. The first-order chi connectivity index (χ1) is 16.0. The molecule has 0 radical (unpaired) electrons. The molecule has 170 valence electrons. The van der Waals surface area contributed by atoms with Gasteiger partial charge in [-0.05, 0) is 55.3 Å². The summed E-state index contributed by atoms with van der Waals surface area (Å²) < 4.78 is 11.1. The molecule has 0 aromatic heterocycles. The number of ether oxygens (including phenoxy) is 2. The Kier molecular flexibility index (Phi) is 6.89. The van der Waals surface area contributed by atoms with Crippen molar-refractivity contribution in [3.63, 3.8) is 0 Å². The fraction of sp³-hybridized carbons (Fsp3) is 0.231. The van der Waals surface area contributed by atoms with Gasteiger partial charge in [-0.2, -0.15) is 5.10 Å². The molecular formula is C26H27N3O3S. The molecule has 0 bridgehead atoms. The van der Waals surface area contributed by atoms with Crippen LogP contribution in [0.25, 0.3) is 0 Å². The lowest BCUT2D eigenvalue weighted by Crippen LogP contribution is -2.41.